The number of halogens is 2. The topological polar surface area (TPSA) is 57.7 Å². The molecule has 8 heteroatoms. The molecule has 0 N–H and O–H groups in total. The van der Waals surface area contributed by atoms with Gasteiger partial charge in [-0.2, -0.15) is 4.31 Å². The fourth-order valence-corrected chi connectivity index (χ4v) is 5.11. The van der Waals surface area contributed by atoms with Crippen LogP contribution in [-0.2, 0) is 21.4 Å². The summed E-state index contributed by atoms with van der Waals surface area (Å²) in [6.45, 7) is 1.19. The van der Waals surface area contributed by atoms with Crippen LogP contribution in [0.25, 0.3) is 0 Å². The van der Waals surface area contributed by atoms with Gasteiger partial charge in [0, 0.05) is 29.7 Å². The van der Waals surface area contributed by atoms with E-state index in [1.807, 2.05) is 0 Å². The average Bonchev–Trinajstić information content (AvgIpc) is 2.97. The molecule has 29 heavy (non-hydrogen) atoms. The molecule has 0 aromatic heterocycles. The molecule has 1 fully saturated rings. The van der Waals surface area contributed by atoms with Crippen molar-refractivity contribution in [3.8, 4) is 0 Å². The monoisotopic (exact) mass is 454 g/mol. The largest absolute Gasteiger partial charge is 0.342 e. The second-order valence-corrected chi connectivity index (χ2v) is 9.96. The average molecular weight is 455 g/mol. The zero-order chi connectivity index (χ0) is 20.9. The lowest BCUT2D eigenvalue weighted by atomic mass is 10.2. The summed E-state index contributed by atoms with van der Waals surface area (Å²) in [5, 5.41) is 0.969. The SMILES string of the molecule is O=C(CN(Cc1cccc(Cl)c1)S(=O)(=O)c1ccc(Cl)cc1)N1CCCCCC1. The van der Waals surface area contributed by atoms with Gasteiger partial charge < -0.3 is 4.90 Å². The van der Waals surface area contributed by atoms with Crippen molar-refractivity contribution in [2.45, 2.75) is 37.1 Å². The predicted molar refractivity (Wildman–Crippen MR) is 116 cm³/mol. The molecule has 0 spiro atoms. The molecule has 1 heterocycles. The first kappa shape index (κ1) is 22.1. The van der Waals surface area contributed by atoms with E-state index in [0.717, 1.165) is 31.2 Å². The van der Waals surface area contributed by atoms with E-state index >= 15 is 0 Å². The first-order chi connectivity index (χ1) is 13.9. The van der Waals surface area contributed by atoms with Crippen molar-refractivity contribution < 1.29 is 13.2 Å². The van der Waals surface area contributed by atoms with Gasteiger partial charge in [-0.15, -0.1) is 0 Å². The Kier molecular flexibility index (Phi) is 7.57. The highest BCUT2D eigenvalue weighted by Crippen LogP contribution is 2.22. The number of hydrogen-bond donors (Lipinski definition) is 0. The second kappa shape index (κ2) is 9.94. The van der Waals surface area contributed by atoms with Gasteiger partial charge in [0.05, 0.1) is 11.4 Å². The highest BCUT2D eigenvalue weighted by Gasteiger charge is 2.29. The van der Waals surface area contributed by atoms with Crippen LogP contribution in [0.5, 0.6) is 0 Å². The van der Waals surface area contributed by atoms with Crippen LogP contribution < -0.4 is 0 Å². The highest BCUT2D eigenvalue weighted by molar-refractivity contribution is 7.89. The number of nitrogens with zero attached hydrogens (tertiary/aromatic N) is 2. The molecule has 156 valence electrons. The van der Waals surface area contributed by atoms with Crippen LogP contribution in [0.3, 0.4) is 0 Å². The number of likely N-dealkylation sites (tertiary alicyclic amines) is 1. The fourth-order valence-electron chi connectivity index (χ4n) is 3.39. The van der Waals surface area contributed by atoms with Crippen molar-refractivity contribution in [2.24, 2.45) is 0 Å². The smallest absolute Gasteiger partial charge is 0.243 e. The lowest BCUT2D eigenvalue weighted by Crippen LogP contribution is -2.43. The molecule has 0 bridgehead atoms. The van der Waals surface area contributed by atoms with E-state index in [0.29, 0.717) is 23.1 Å². The van der Waals surface area contributed by atoms with Gasteiger partial charge in [0.15, 0.2) is 0 Å². The summed E-state index contributed by atoms with van der Waals surface area (Å²) >= 11 is 12.0. The summed E-state index contributed by atoms with van der Waals surface area (Å²) in [5.74, 6) is -0.175. The first-order valence-corrected chi connectivity index (χ1v) is 11.8. The molecule has 0 saturated carbocycles. The van der Waals surface area contributed by atoms with E-state index in [9.17, 15) is 13.2 Å². The van der Waals surface area contributed by atoms with Gasteiger partial charge in [-0.3, -0.25) is 4.79 Å². The molecule has 2 aromatic rings. The third-order valence-electron chi connectivity index (χ3n) is 4.97. The van der Waals surface area contributed by atoms with Crippen LogP contribution in [0.1, 0.15) is 31.2 Å². The minimum atomic E-state index is -3.89. The Morgan fingerprint density at radius 1 is 0.931 bits per heavy atom. The van der Waals surface area contributed by atoms with Crippen molar-refractivity contribution in [3.63, 3.8) is 0 Å². The Bertz CT molecular complexity index is 941. The Hall–Kier alpha value is -1.60. The van der Waals surface area contributed by atoms with Crippen LogP contribution in [0.15, 0.2) is 53.4 Å². The third kappa shape index (κ3) is 5.95. The van der Waals surface area contributed by atoms with E-state index in [1.165, 1.54) is 28.6 Å². The summed E-state index contributed by atoms with van der Waals surface area (Å²) in [6.07, 6.45) is 4.09. The Morgan fingerprint density at radius 2 is 1.59 bits per heavy atom. The number of carbonyl (C=O) groups is 1. The molecule has 1 aliphatic heterocycles. The normalized spacial score (nSPS) is 15.3. The molecule has 5 nitrogen and oxygen atoms in total. The molecule has 1 amide bonds. The van der Waals surface area contributed by atoms with Crippen LogP contribution in [-0.4, -0.2) is 43.2 Å². The number of benzene rings is 2. The fraction of sp³-hybridized carbons (Fsp3) is 0.381. The van der Waals surface area contributed by atoms with E-state index in [2.05, 4.69) is 0 Å². The second-order valence-electron chi connectivity index (χ2n) is 7.15. The van der Waals surface area contributed by atoms with Crippen LogP contribution >= 0.6 is 23.2 Å². The Morgan fingerprint density at radius 3 is 2.21 bits per heavy atom. The lowest BCUT2D eigenvalue weighted by Gasteiger charge is -2.26. The number of rotatable bonds is 6. The summed E-state index contributed by atoms with van der Waals surface area (Å²) in [5.41, 5.74) is 0.721. The summed E-state index contributed by atoms with van der Waals surface area (Å²) in [4.78, 5) is 14.8. The van der Waals surface area contributed by atoms with Gasteiger partial charge in [0.2, 0.25) is 15.9 Å². The van der Waals surface area contributed by atoms with Gasteiger partial charge in [-0.25, -0.2) is 8.42 Å². The zero-order valence-electron chi connectivity index (χ0n) is 16.1. The number of amides is 1. The van der Waals surface area contributed by atoms with Gasteiger partial charge >= 0.3 is 0 Å². The molecular weight excluding hydrogens is 431 g/mol. The van der Waals surface area contributed by atoms with Gasteiger partial charge in [0.25, 0.3) is 0 Å². The van der Waals surface area contributed by atoms with Crippen molar-refractivity contribution in [3.05, 3.63) is 64.1 Å². The maximum absolute atomic E-state index is 13.3. The summed E-state index contributed by atoms with van der Waals surface area (Å²) in [6, 6.07) is 13.0. The molecule has 0 aliphatic carbocycles. The van der Waals surface area contributed by atoms with E-state index in [4.69, 9.17) is 23.2 Å². The Balaban J connectivity index is 1.88. The maximum atomic E-state index is 13.3. The van der Waals surface area contributed by atoms with Gasteiger partial charge in [-0.1, -0.05) is 48.2 Å². The summed E-state index contributed by atoms with van der Waals surface area (Å²) < 4.78 is 27.8. The van der Waals surface area contributed by atoms with Crippen LogP contribution in [0.2, 0.25) is 10.0 Å². The van der Waals surface area contributed by atoms with Crippen molar-refractivity contribution in [1.29, 1.82) is 0 Å². The van der Waals surface area contributed by atoms with E-state index in [1.54, 1.807) is 29.2 Å². The van der Waals surface area contributed by atoms with E-state index in [-0.39, 0.29) is 23.9 Å². The van der Waals surface area contributed by atoms with Gasteiger partial charge in [-0.05, 0) is 54.8 Å². The minimum Gasteiger partial charge on any atom is -0.342 e. The molecular formula is C21H24Cl2N2O3S. The molecule has 0 radical (unpaired) electrons. The zero-order valence-corrected chi connectivity index (χ0v) is 18.4. The minimum absolute atomic E-state index is 0.0606. The highest BCUT2D eigenvalue weighted by atomic mass is 35.5. The van der Waals surface area contributed by atoms with Crippen molar-refractivity contribution in [2.75, 3.05) is 19.6 Å². The third-order valence-corrected chi connectivity index (χ3v) is 7.26. The molecule has 2 aromatic carbocycles. The Labute approximate surface area is 182 Å². The molecule has 1 aliphatic rings. The van der Waals surface area contributed by atoms with Gasteiger partial charge in [0.1, 0.15) is 0 Å². The van der Waals surface area contributed by atoms with Crippen molar-refractivity contribution in [1.82, 2.24) is 9.21 Å². The van der Waals surface area contributed by atoms with Crippen LogP contribution in [0.4, 0.5) is 0 Å². The molecule has 1 saturated heterocycles. The number of sulfonamides is 1. The van der Waals surface area contributed by atoms with Crippen molar-refractivity contribution >= 4 is 39.1 Å². The lowest BCUT2D eigenvalue weighted by molar-refractivity contribution is -0.131. The number of hydrogen-bond acceptors (Lipinski definition) is 3. The quantitative estimate of drug-likeness (QED) is 0.641. The number of carbonyl (C=O) groups excluding carboxylic acids is 1. The predicted octanol–water partition coefficient (Wildman–Crippen LogP) is 4.59. The first-order valence-electron chi connectivity index (χ1n) is 9.64. The summed E-state index contributed by atoms with van der Waals surface area (Å²) in [7, 11) is -3.89. The molecule has 0 unspecified atom stereocenters. The van der Waals surface area contributed by atoms with E-state index < -0.39 is 10.0 Å². The molecule has 0 atom stereocenters. The maximum Gasteiger partial charge on any atom is 0.243 e. The van der Waals surface area contributed by atoms with Crippen LogP contribution in [0, 0.1) is 0 Å². The standard InChI is InChI=1S/C21H24Cl2N2O3S/c22-18-8-10-20(11-9-18)29(27,28)25(15-17-6-5-7-19(23)14-17)16-21(26)24-12-3-1-2-4-13-24/h5-11,14H,1-4,12-13,15-16H2. The molecule has 3 rings (SSSR count).